The summed E-state index contributed by atoms with van der Waals surface area (Å²) in [5.74, 6) is 0. The van der Waals surface area contributed by atoms with Crippen LogP contribution in [0.15, 0.2) is 0 Å². The molecule has 0 bridgehead atoms. The lowest BCUT2D eigenvalue weighted by Crippen LogP contribution is -2.58. The molecule has 0 aromatic carbocycles. The molecule has 1 atom stereocenters. The average Bonchev–Trinajstić information content (AvgIpc) is 2.40. The summed E-state index contributed by atoms with van der Waals surface area (Å²) in [5.41, 5.74) is 0. The summed E-state index contributed by atoms with van der Waals surface area (Å²) in [6, 6.07) is 0.509. The van der Waals surface area contributed by atoms with Crippen LogP contribution in [0, 0.1) is 0 Å². The molecule has 2 rings (SSSR count). The number of piperidine rings is 1. The van der Waals surface area contributed by atoms with Gasteiger partial charge in [-0.3, -0.25) is 4.90 Å². The van der Waals surface area contributed by atoms with Crippen LogP contribution < -0.4 is 5.32 Å². The van der Waals surface area contributed by atoms with Crippen LogP contribution in [0.1, 0.15) is 19.8 Å². The molecule has 1 unspecified atom stereocenters. The first-order valence-electron chi connectivity index (χ1n) is 7.19. The monoisotopic (exact) mass is 271 g/mol. The van der Waals surface area contributed by atoms with E-state index in [-0.39, 0.29) is 6.23 Å². The fourth-order valence-electron chi connectivity index (χ4n) is 2.82. The molecule has 2 aliphatic rings. The van der Waals surface area contributed by atoms with E-state index in [0.29, 0.717) is 12.6 Å². The minimum Gasteiger partial charge on any atom is -0.435 e. The first-order valence-corrected chi connectivity index (χ1v) is 7.19. The van der Waals surface area contributed by atoms with Crippen molar-refractivity contribution in [1.82, 2.24) is 15.1 Å². The SMILES string of the molecule is CCOC(=O)OC1CN(C)CCN1C1CCNCC1. The Morgan fingerprint density at radius 3 is 2.74 bits per heavy atom. The Morgan fingerprint density at radius 1 is 1.32 bits per heavy atom. The van der Waals surface area contributed by atoms with Crippen LogP contribution in [0.4, 0.5) is 4.79 Å². The van der Waals surface area contributed by atoms with Crippen molar-refractivity contribution in [3.8, 4) is 0 Å². The fourth-order valence-corrected chi connectivity index (χ4v) is 2.82. The molecule has 2 saturated heterocycles. The summed E-state index contributed by atoms with van der Waals surface area (Å²) in [7, 11) is 2.06. The minimum absolute atomic E-state index is 0.180. The molecule has 19 heavy (non-hydrogen) atoms. The van der Waals surface area contributed by atoms with E-state index >= 15 is 0 Å². The summed E-state index contributed by atoms with van der Waals surface area (Å²) in [6.07, 6.45) is 1.50. The van der Waals surface area contributed by atoms with Gasteiger partial charge in [-0.25, -0.2) is 4.79 Å². The zero-order chi connectivity index (χ0) is 13.7. The van der Waals surface area contributed by atoms with E-state index in [1.807, 2.05) is 0 Å². The molecule has 110 valence electrons. The maximum atomic E-state index is 11.5. The smallest absolute Gasteiger partial charge is 0.435 e. The third kappa shape index (κ3) is 4.06. The van der Waals surface area contributed by atoms with E-state index in [4.69, 9.17) is 9.47 Å². The number of hydrogen-bond acceptors (Lipinski definition) is 6. The standard InChI is InChI=1S/C13H25N3O3/c1-3-18-13(17)19-12-10-15(2)8-9-16(12)11-4-6-14-7-5-11/h11-12,14H,3-10H2,1-2H3. The predicted molar refractivity (Wildman–Crippen MR) is 72.0 cm³/mol. The first kappa shape index (κ1) is 14.6. The van der Waals surface area contributed by atoms with E-state index in [2.05, 4.69) is 22.2 Å². The Kier molecular flexibility index (Phi) is 5.42. The third-order valence-electron chi connectivity index (χ3n) is 3.85. The molecule has 0 aromatic rings. The van der Waals surface area contributed by atoms with Crippen LogP contribution >= 0.6 is 0 Å². The molecular weight excluding hydrogens is 246 g/mol. The molecule has 1 N–H and O–H groups in total. The molecule has 2 fully saturated rings. The molecule has 6 heteroatoms. The van der Waals surface area contributed by atoms with E-state index < -0.39 is 6.16 Å². The summed E-state index contributed by atoms with van der Waals surface area (Å²) in [5, 5.41) is 3.37. The minimum atomic E-state index is -0.554. The molecule has 2 aliphatic heterocycles. The van der Waals surface area contributed by atoms with E-state index in [9.17, 15) is 4.79 Å². The van der Waals surface area contributed by atoms with Gasteiger partial charge in [0.1, 0.15) is 0 Å². The van der Waals surface area contributed by atoms with Gasteiger partial charge in [0, 0.05) is 25.7 Å². The lowest BCUT2D eigenvalue weighted by Gasteiger charge is -2.44. The summed E-state index contributed by atoms with van der Waals surface area (Å²) in [4.78, 5) is 16.1. The first-order chi connectivity index (χ1) is 9.20. The molecule has 0 spiro atoms. The summed E-state index contributed by atoms with van der Waals surface area (Å²) < 4.78 is 10.4. The zero-order valence-electron chi connectivity index (χ0n) is 11.9. The van der Waals surface area contributed by atoms with Crippen molar-refractivity contribution in [2.24, 2.45) is 0 Å². The normalized spacial score (nSPS) is 27.2. The van der Waals surface area contributed by atoms with Gasteiger partial charge in [0.05, 0.1) is 6.61 Å². The van der Waals surface area contributed by atoms with Crippen LogP contribution in [0.25, 0.3) is 0 Å². The van der Waals surface area contributed by atoms with Crippen LogP contribution in [0.5, 0.6) is 0 Å². The number of rotatable bonds is 3. The second-order valence-corrected chi connectivity index (χ2v) is 5.24. The molecule has 0 amide bonds. The van der Waals surface area contributed by atoms with Crippen LogP contribution in [0.3, 0.4) is 0 Å². The maximum absolute atomic E-state index is 11.5. The lowest BCUT2D eigenvalue weighted by atomic mass is 10.0. The predicted octanol–water partition coefficient (Wildman–Crippen LogP) is 0.485. The number of piperazine rings is 1. The molecular formula is C13H25N3O3. The molecule has 0 aromatic heterocycles. The van der Waals surface area contributed by atoms with Crippen molar-refractivity contribution in [3.63, 3.8) is 0 Å². The van der Waals surface area contributed by atoms with Gasteiger partial charge in [-0.2, -0.15) is 0 Å². The molecule has 0 saturated carbocycles. The summed E-state index contributed by atoms with van der Waals surface area (Å²) in [6.45, 7) is 6.96. The van der Waals surface area contributed by atoms with E-state index in [1.165, 1.54) is 0 Å². The molecule has 2 heterocycles. The Hall–Kier alpha value is -0.850. The number of ether oxygens (including phenoxy) is 2. The van der Waals surface area contributed by atoms with Gasteiger partial charge in [0.2, 0.25) is 0 Å². The molecule has 6 nitrogen and oxygen atoms in total. The van der Waals surface area contributed by atoms with Gasteiger partial charge in [-0.15, -0.1) is 0 Å². The molecule has 0 aliphatic carbocycles. The quantitative estimate of drug-likeness (QED) is 0.754. The largest absolute Gasteiger partial charge is 0.509 e. The second-order valence-electron chi connectivity index (χ2n) is 5.24. The number of hydrogen-bond donors (Lipinski definition) is 1. The van der Waals surface area contributed by atoms with Gasteiger partial charge in [0.15, 0.2) is 6.23 Å². The highest BCUT2D eigenvalue weighted by Crippen LogP contribution is 2.19. The number of nitrogens with zero attached hydrogens (tertiary/aromatic N) is 2. The van der Waals surface area contributed by atoms with Crippen LogP contribution in [-0.4, -0.2) is 74.6 Å². The van der Waals surface area contributed by atoms with Gasteiger partial charge >= 0.3 is 6.16 Å². The zero-order valence-corrected chi connectivity index (χ0v) is 11.9. The second kappa shape index (κ2) is 7.07. The van der Waals surface area contributed by atoms with E-state index in [0.717, 1.165) is 45.6 Å². The van der Waals surface area contributed by atoms with Crippen molar-refractivity contribution in [1.29, 1.82) is 0 Å². The highest BCUT2D eigenvalue weighted by Gasteiger charge is 2.34. The number of carbonyl (C=O) groups is 1. The lowest BCUT2D eigenvalue weighted by molar-refractivity contribution is -0.101. The molecule has 0 radical (unpaired) electrons. The Bertz CT molecular complexity index is 295. The average molecular weight is 271 g/mol. The van der Waals surface area contributed by atoms with Crippen LogP contribution in [0.2, 0.25) is 0 Å². The van der Waals surface area contributed by atoms with Crippen molar-refractivity contribution in [3.05, 3.63) is 0 Å². The number of carbonyl (C=O) groups excluding carboxylic acids is 1. The Labute approximate surface area is 115 Å². The summed E-state index contributed by atoms with van der Waals surface area (Å²) >= 11 is 0. The highest BCUT2D eigenvalue weighted by molar-refractivity contribution is 5.60. The maximum Gasteiger partial charge on any atom is 0.509 e. The van der Waals surface area contributed by atoms with Crippen LogP contribution in [-0.2, 0) is 9.47 Å². The fraction of sp³-hybridized carbons (Fsp3) is 0.923. The third-order valence-corrected chi connectivity index (χ3v) is 3.85. The van der Waals surface area contributed by atoms with Crippen molar-refractivity contribution >= 4 is 6.16 Å². The van der Waals surface area contributed by atoms with Crippen molar-refractivity contribution in [2.45, 2.75) is 32.0 Å². The topological polar surface area (TPSA) is 54.0 Å². The van der Waals surface area contributed by atoms with Gasteiger partial charge < -0.3 is 19.7 Å². The van der Waals surface area contributed by atoms with Crippen molar-refractivity contribution < 1.29 is 14.3 Å². The van der Waals surface area contributed by atoms with Gasteiger partial charge in [-0.1, -0.05) is 0 Å². The highest BCUT2D eigenvalue weighted by atomic mass is 16.7. The Morgan fingerprint density at radius 2 is 2.05 bits per heavy atom. The van der Waals surface area contributed by atoms with Crippen molar-refractivity contribution in [2.75, 3.05) is 46.4 Å². The van der Waals surface area contributed by atoms with Gasteiger partial charge in [0.25, 0.3) is 0 Å². The van der Waals surface area contributed by atoms with E-state index in [1.54, 1.807) is 6.92 Å². The number of nitrogens with one attached hydrogen (secondary N) is 1. The van der Waals surface area contributed by atoms with Gasteiger partial charge in [-0.05, 0) is 39.9 Å². The Balaban J connectivity index is 1.95. The number of likely N-dealkylation sites (N-methyl/N-ethyl adjacent to an activating group) is 1.